The van der Waals surface area contributed by atoms with Crippen LogP contribution >= 0.6 is 11.3 Å². The minimum Gasteiger partial charge on any atom is -0.495 e. The van der Waals surface area contributed by atoms with Gasteiger partial charge in [0.2, 0.25) is 10.0 Å². The highest BCUT2D eigenvalue weighted by Crippen LogP contribution is 2.32. The molecule has 0 saturated heterocycles. The van der Waals surface area contributed by atoms with Crippen molar-refractivity contribution in [2.24, 2.45) is 0 Å². The lowest BCUT2D eigenvalue weighted by atomic mass is 10.00. The van der Waals surface area contributed by atoms with E-state index in [9.17, 15) is 13.2 Å². The fourth-order valence-electron chi connectivity index (χ4n) is 3.30. The zero-order chi connectivity index (χ0) is 20.3. The fourth-order valence-corrected chi connectivity index (χ4v) is 5.37. The molecular weight excluding hydrogens is 396 g/mol. The van der Waals surface area contributed by atoms with E-state index < -0.39 is 10.0 Å². The number of benzene rings is 1. The maximum Gasteiger partial charge on any atom is 0.265 e. The Morgan fingerprint density at radius 3 is 2.50 bits per heavy atom. The van der Waals surface area contributed by atoms with Gasteiger partial charge in [-0.2, -0.15) is 0 Å². The number of thiophene rings is 1. The van der Waals surface area contributed by atoms with Crippen molar-refractivity contribution in [2.45, 2.75) is 43.4 Å². The van der Waals surface area contributed by atoms with Crippen LogP contribution in [0.4, 0.5) is 5.69 Å². The minimum absolute atomic E-state index is 0.104. The SMILES string of the molecule is COc1ccc(S(=O)(=O)N(C)C)cc1NC(=O)c1cc2c(s1)CCCCCC2. The Morgan fingerprint density at radius 2 is 1.82 bits per heavy atom. The molecule has 0 saturated carbocycles. The van der Waals surface area contributed by atoms with Crippen LogP contribution in [0.25, 0.3) is 0 Å². The molecule has 1 N–H and O–H groups in total. The molecule has 0 fully saturated rings. The van der Waals surface area contributed by atoms with Crippen LogP contribution in [0.2, 0.25) is 0 Å². The average Bonchev–Trinajstić information content (AvgIpc) is 3.03. The number of hydrogen-bond acceptors (Lipinski definition) is 5. The number of nitrogens with zero attached hydrogens (tertiary/aromatic N) is 1. The third kappa shape index (κ3) is 4.39. The molecule has 1 amide bonds. The monoisotopic (exact) mass is 422 g/mol. The molecule has 0 aliphatic heterocycles. The van der Waals surface area contributed by atoms with Crippen LogP contribution in [0.5, 0.6) is 5.75 Å². The average molecular weight is 423 g/mol. The van der Waals surface area contributed by atoms with Gasteiger partial charge >= 0.3 is 0 Å². The molecule has 2 aromatic rings. The van der Waals surface area contributed by atoms with Gasteiger partial charge in [-0.1, -0.05) is 12.8 Å². The van der Waals surface area contributed by atoms with Gasteiger partial charge < -0.3 is 10.1 Å². The molecule has 0 unspecified atom stereocenters. The summed E-state index contributed by atoms with van der Waals surface area (Å²) in [5, 5.41) is 2.83. The first-order chi connectivity index (χ1) is 13.3. The molecule has 1 aromatic carbocycles. The van der Waals surface area contributed by atoms with Crippen LogP contribution in [-0.2, 0) is 22.9 Å². The van der Waals surface area contributed by atoms with Gasteiger partial charge in [-0.25, -0.2) is 12.7 Å². The summed E-state index contributed by atoms with van der Waals surface area (Å²) in [5.41, 5.74) is 1.61. The Bertz CT molecular complexity index is 939. The van der Waals surface area contributed by atoms with Crippen molar-refractivity contribution in [1.29, 1.82) is 0 Å². The Morgan fingerprint density at radius 1 is 1.11 bits per heavy atom. The number of nitrogens with one attached hydrogen (secondary N) is 1. The first kappa shape index (κ1) is 20.8. The number of anilines is 1. The van der Waals surface area contributed by atoms with Crippen LogP contribution in [0.15, 0.2) is 29.2 Å². The summed E-state index contributed by atoms with van der Waals surface area (Å²) in [7, 11) is 0.825. The molecule has 152 valence electrons. The topological polar surface area (TPSA) is 75.7 Å². The predicted molar refractivity (Wildman–Crippen MR) is 112 cm³/mol. The summed E-state index contributed by atoms with van der Waals surface area (Å²) in [6.07, 6.45) is 6.83. The number of hydrogen-bond donors (Lipinski definition) is 1. The van der Waals surface area contributed by atoms with Crippen LogP contribution in [0.3, 0.4) is 0 Å². The Hall–Kier alpha value is -1.90. The second kappa shape index (κ2) is 8.63. The van der Waals surface area contributed by atoms with E-state index in [1.807, 2.05) is 6.07 Å². The van der Waals surface area contributed by atoms with Crippen LogP contribution in [-0.4, -0.2) is 39.8 Å². The van der Waals surface area contributed by atoms with Gasteiger partial charge in [0.05, 0.1) is 22.6 Å². The lowest BCUT2D eigenvalue weighted by molar-refractivity contribution is 0.103. The Balaban J connectivity index is 1.88. The summed E-state index contributed by atoms with van der Waals surface area (Å²) in [6, 6.07) is 6.45. The van der Waals surface area contributed by atoms with Gasteiger partial charge in [0, 0.05) is 19.0 Å². The lowest BCUT2D eigenvalue weighted by Crippen LogP contribution is -2.22. The van der Waals surface area contributed by atoms with Gasteiger partial charge in [-0.15, -0.1) is 11.3 Å². The summed E-state index contributed by atoms with van der Waals surface area (Å²) < 4.78 is 31.3. The number of methoxy groups -OCH3 is 1. The number of aryl methyl sites for hydroxylation is 2. The van der Waals surface area contributed by atoms with E-state index in [1.165, 1.54) is 68.0 Å². The maximum absolute atomic E-state index is 12.9. The number of rotatable bonds is 5. The maximum atomic E-state index is 12.9. The first-order valence-corrected chi connectivity index (χ1v) is 11.6. The molecule has 28 heavy (non-hydrogen) atoms. The van der Waals surface area contributed by atoms with Crippen molar-refractivity contribution in [3.63, 3.8) is 0 Å². The number of carbonyl (C=O) groups is 1. The van der Waals surface area contributed by atoms with Crippen LogP contribution in [0, 0.1) is 0 Å². The number of carbonyl (C=O) groups excluding carboxylic acids is 1. The molecule has 1 aliphatic rings. The van der Waals surface area contributed by atoms with E-state index in [4.69, 9.17) is 4.74 Å². The third-order valence-corrected chi connectivity index (χ3v) is 7.97. The van der Waals surface area contributed by atoms with Crippen LogP contribution < -0.4 is 10.1 Å². The first-order valence-electron chi connectivity index (χ1n) is 9.36. The molecule has 3 rings (SSSR count). The van der Waals surface area contributed by atoms with Crippen molar-refractivity contribution in [3.8, 4) is 5.75 Å². The minimum atomic E-state index is -3.61. The molecule has 6 nitrogen and oxygen atoms in total. The third-order valence-electron chi connectivity index (χ3n) is 4.92. The summed E-state index contributed by atoms with van der Waals surface area (Å²) in [4.78, 5) is 14.9. The fraction of sp³-hybridized carbons (Fsp3) is 0.450. The molecular formula is C20H26N2O4S2. The van der Waals surface area contributed by atoms with Gasteiger partial charge in [0.25, 0.3) is 5.91 Å². The standard InChI is InChI=1S/C20H26N2O4S2/c1-22(2)28(24,25)15-10-11-17(26-3)16(13-15)21-20(23)19-12-14-8-6-4-5-7-9-18(14)27-19/h10-13H,4-9H2,1-3H3,(H,21,23). The second-order valence-corrected chi connectivity index (χ2v) is 10.4. The molecule has 0 bridgehead atoms. The van der Waals surface area contributed by atoms with Crippen molar-refractivity contribution >= 4 is 33.0 Å². The quantitative estimate of drug-likeness (QED) is 0.792. The molecule has 0 spiro atoms. The molecule has 8 heteroatoms. The zero-order valence-corrected chi connectivity index (χ0v) is 18.1. The van der Waals surface area contributed by atoms with Crippen molar-refractivity contribution in [2.75, 3.05) is 26.5 Å². The van der Waals surface area contributed by atoms with Gasteiger partial charge in [0.15, 0.2) is 0 Å². The molecule has 1 aliphatic carbocycles. The number of sulfonamides is 1. The van der Waals surface area contributed by atoms with Crippen LogP contribution in [0.1, 0.15) is 45.8 Å². The lowest BCUT2D eigenvalue weighted by Gasteiger charge is -2.15. The van der Waals surface area contributed by atoms with E-state index >= 15 is 0 Å². The van der Waals surface area contributed by atoms with Gasteiger partial charge in [-0.05, 0) is 55.5 Å². The van der Waals surface area contributed by atoms with E-state index in [2.05, 4.69) is 5.32 Å². The Kier molecular flexibility index (Phi) is 6.42. The van der Waals surface area contributed by atoms with Gasteiger partial charge in [0.1, 0.15) is 5.75 Å². The molecule has 0 radical (unpaired) electrons. The van der Waals surface area contributed by atoms with E-state index in [0.717, 1.165) is 30.0 Å². The van der Waals surface area contributed by atoms with E-state index in [-0.39, 0.29) is 10.8 Å². The summed E-state index contributed by atoms with van der Waals surface area (Å²) in [6.45, 7) is 0. The van der Waals surface area contributed by atoms with Crippen molar-refractivity contribution in [3.05, 3.63) is 39.6 Å². The highest BCUT2D eigenvalue weighted by molar-refractivity contribution is 7.89. The Labute approximate surface area is 170 Å². The van der Waals surface area contributed by atoms with Crippen molar-refractivity contribution in [1.82, 2.24) is 4.31 Å². The zero-order valence-electron chi connectivity index (χ0n) is 16.4. The van der Waals surface area contributed by atoms with Crippen molar-refractivity contribution < 1.29 is 17.9 Å². The molecule has 1 heterocycles. The number of fused-ring (bicyclic) bond motifs is 1. The normalized spacial score (nSPS) is 14.9. The highest BCUT2D eigenvalue weighted by atomic mass is 32.2. The highest BCUT2D eigenvalue weighted by Gasteiger charge is 2.21. The van der Waals surface area contributed by atoms with Gasteiger partial charge in [-0.3, -0.25) is 4.79 Å². The molecule has 0 atom stereocenters. The largest absolute Gasteiger partial charge is 0.495 e. The second-order valence-electron chi connectivity index (χ2n) is 7.08. The predicted octanol–water partition coefficient (Wildman–Crippen LogP) is 3.92. The van der Waals surface area contributed by atoms with E-state index in [0.29, 0.717) is 16.3 Å². The van der Waals surface area contributed by atoms with E-state index in [1.54, 1.807) is 6.07 Å². The number of amides is 1. The summed E-state index contributed by atoms with van der Waals surface area (Å²) >= 11 is 1.53. The number of ether oxygens (including phenoxy) is 1. The molecule has 1 aromatic heterocycles. The smallest absolute Gasteiger partial charge is 0.265 e. The summed E-state index contributed by atoms with van der Waals surface area (Å²) in [5.74, 6) is 0.176.